The quantitative estimate of drug-likeness (QED) is 0.782. The lowest BCUT2D eigenvalue weighted by Gasteiger charge is -2.09. The van der Waals surface area contributed by atoms with E-state index < -0.39 is 0 Å². The molecule has 1 atom stereocenters. The number of nitriles is 1. The topological polar surface area (TPSA) is 73.1 Å². The van der Waals surface area contributed by atoms with Gasteiger partial charge >= 0.3 is 0 Å². The summed E-state index contributed by atoms with van der Waals surface area (Å²) in [6, 6.07) is 7.77. The molecule has 4 nitrogen and oxygen atoms in total. The number of carbonyl (C=O) groups excluding carboxylic acids is 1. The van der Waals surface area contributed by atoms with Crippen molar-refractivity contribution in [1.82, 2.24) is 5.32 Å². The zero-order chi connectivity index (χ0) is 11.3. The van der Waals surface area contributed by atoms with Crippen molar-refractivity contribution in [3.05, 3.63) is 29.8 Å². The Morgan fingerprint density at radius 1 is 1.53 bits per heavy atom. The first-order valence-corrected chi connectivity index (χ1v) is 4.60. The van der Waals surface area contributed by atoms with Gasteiger partial charge in [0.25, 0.3) is 5.91 Å². The summed E-state index contributed by atoms with van der Waals surface area (Å²) in [7, 11) is 0. The van der Waals surface area contributed by atoms with Gasteiger partial charge in [0.05, 0.1) is 12.5 Å². The molecule has 1 aromatic rings. The number of phenols is 1. The highest BCUT2D eigenvalue weighted by atomic mass is 16.3. The average molecular weight is 204 g/mol. The third kappa shape index (κ3) is 3.31. The van der Waals surface area contributed by atoms with Crippen LogP contribution in [0.2, 0.25) is 0 Å². The highest BCUT2D eigenvalue weighted by molar-refractivity contribution is 5.94. The fourth-order valence-corrected chi connectivity index (χ4v) is 1.11. The number of nitrogens with one attached hydrogen (secondary N) is 1. The van der Waals surface area contributed by atoms with Gasteiger partial charge in [-0.15, -0.1) is 0 Å². The van der Waals surface area contributed by atoms with E-state index in [4.69, 9.17) is 10.4 Å². The number of benzene rings is 1. The highest BCUT2D eigenvalue weighted by Gasteiger charge is 2.08. The van der Waals surface area contributed by atoms with E-state index >= 15 is 0 Å². The van der Waals surface area contributed by atoms with Gasteiger partial charge in [-0.05, 0) is 31.2 Å². The van der Waals surface area contributed by atoms with Crippen LogP contribution in [0.15, 0.2) is 24.3 Å². The first-order chi connectivity index (χ1) is 7.13. The molecule has 15 heavy (non-hydrogen) atoms. The molecule has 78 valence electrons. The van der Waals surface area contributed by atoms with Crippen LogP contribution in [-0.2, 0) is 0 Å². The number of carbonyl (C=O) groups is 1. The van der Waals surface area contributed by atoms with Crippen LogP contribution in [0, 0.1) is 11.3 Å². The van der Waals surface area contributed by atoms with Gasteiger partial charge in [-0.3, -0.25) is 4.79 Å². The van der Waals surface area contributed by atoms with Gasteiger partial charge in [0, 0.05) is 11.6 Å². The fraction of sp³-hybridized carbons (Fsp3) is 0.273. The number of amides is 1. The summed E-state index contributed by atoms with van der Waals surface area (Å²) in [6.45, 7) is 1.77. The molecule has 0 radical (unpaired) electrons. The van der Waals surface area contributed by atoms with Crippen molar-refractivity contribution in [3.8, 4) is 11.8 Å². The van der Waals surface area contributed by atoms with Gasteiger partial charge in [-0.2, -0.15) is 5.26 Å². The second kappa shape index (κ2) is 5.01. The second-order valence-corrected chi connectivity index (χ2v) is 3.28. The number of hydrogen-bond donors (Lipinski definition) is 2. The fourth-order valence-electron chi connectivity index (χ4n) is 1.11. The van der Waals surface area contributed by atoms with Crippen LogP contribution >= 0.6 is 0 Å². The molecule has 0 heterocycles. The van der Waals surface area contributed by atoms with E-state index in [2.05, 4.69) is 5.32 Å². The van der Waals surface area contributed by atoms with Gasteiger partial charge in [0.1, 0.15) is 5.75 Å². The Bertz CT molecular complexity index is 379. The molecule has 0 bridgehead atoms. The monoisotopic (exact) mass is 204 g/mol. The van der Waals surface area contributed by atoms with Gasteiger partial charge < -0.3 is 10.4 Å². The van der Waals surface area contributed by atoms with Crippen molar-refractivity contribution in [2.45, 2.75) is 19.4 Å². The van der Waals surface area contributed by atoms with Gasteiger partial charge in [-0.25, -0.2) is 0 Å². The summed E-state index contributed by atoms with van der Waals surface area (Å²) in [5, 5.41) is 20.1. The number of aromatic hydroxyl groups is 1. The molecular formula is C11H12N2O2. The zero-order valence-electron chi connectivity index (χ0n) is 8.40. The van der Waals surface area contributed by atoms with Crippen molar-refractivity contribution in [3.63, 3.8) is 0 Å². The smallest absolute Gasteiger partial charge is 0.251 e. The Balaban J connectivity index is 2.62. The molecule has 0 spiro atoms. The van der Waals surface area contributed by atoms with Crippen LogP contribution in [0.3, 0.4) is 0 Å². The normalized spacial score (nSPS) is 11.5. The Morgan fingerprint density at radius 2 is 2.13 bits per heavy atom. The van der Waals surface area contributed by atoms with Crippen LogP contribution in [0.1, 0.15) is 23.7 Å². The zero-order valence-corrected chi connectivity index (χ0v) is 8.40. The van der Waals surface area contributed by atoms with Crippen molar-refractivity contribution in [1.29, 1.82) is 5.26 Å². The second-order valence-electron chi connectivity index (χ2n) is 3.28. The maximum absolute atomic E-state index is 11.5. The lowest BCUT2D eigenvalue weighted by Crippen LogP contribution is -2.32. The number of nitrogens with zero attached hydrogens (tertiary/aromatic N) is 1. The van der Waals surface area contributed by atoms with Crippen molar-refractivity contribution < 1.29 is 9.90 Å². The maximum atomic E-state index is 11.5. The van der Waals surface area contributed by atoms with Gasteiger partial charge in [0.15, 0.2) is 0 Å². The third-order valence-corrected chi connectivity index (χ3v) is 1.90. The van der Waals surface area contributed by atoms with Crippen LogP contribution in [0.25, 0.3) is 0 Å². The van der Waals surface area contributed by atoms with E-state index in [-0.39, 0.29) is 24.1 Å². The highest BCUT2D eigenvalue weighted by Crippen LogP contribution is 2.09. The lowest BCUT2D eigenvalue weighted by molar-refractivity contribution is 0.0941. The SMILES string of the molecule is CC(CC#N)NC(=O)c1ccc(O)cc1. The summed E-state index contributed by atoms with van der Waals surface area (Å²) in [5.41, 5.74) is 0.470. The number of phenolic OH excluding ortho intramolecular Hbond substituents is 1. The molecule has 0 fully saturated rings. The predicted molar refractivity (Wildman–Crippen MR) is 55.3 cm³/mol. The largest absolute Gasteiger partial charge is 0.508 e. The van der Waals surface area contributed by atoms with Crippen molar-refractivity contribution >= 4 is 5.91 Å². The molecule has 0 aliphatic carbocycles. The molecule has 1 aromatic carbocycles. The molecular weight excluding hydrogens is 192 g/mol. The van der Waals surface area contributed by atoms with Crippen LogP contribution in [-0.4, -0.2) is 17.1 Å². The molecule has 2 N–H and O–H groups in total. The first-order valence-electron chi connectivity index (χ1n) is 4.60. The molecule has 4 heteroatoms. The first kappa shape index (κ1) is 11.1. The molecule has 1 rings (SSSR count). The Hall–Kier alpha value is -2.02. The summed E-state index contributed by atoms with van der Waals surface area (Å²) in [6.07, 6.45) is 0.282. The summed E-state index contributed by atoms with van der Waals surface area (Å²) < 4.78 is 0. The van der Waals surface area contributed by atoms with Crippen molar-refractivity contribution in [2.24, 2.45) is 0 Å². The Labute approximate surface area is 88.2 Å². The van der Waals surface area contributed by atoms with E-state index in [0.29, 0.717) is 5.56 Å². The molecule has 0 aliphatic heterocycles. The predicted octanol–water partition coefficient (Wildman–Crippen LogP) is 1.42. The maximum Gasteiger partial charge on any atom is 0.251 e. The van der Waals surface area contributed by atoms with Crippen LogP contribution < -0.4 is 5.32 Å². The molecule has 1 unspecified atom stereocenters. The number of rotatable bonds is 3. The van der Waals surface area contributed by atoms with E-state index in [1.165, 1.54) is 24.3 Å². The van der Waals surface area contributed by atoms with Gasteiger partial charge in [0.2, 0.25) is 0 Å². The van der Waals surface area contributed by atoms with E-state index in [9.17, 15) is 4.79 Å². The van der Waals surface area contributed by atoms with E-state index in [1.807, 2.05) is 6.07 Å². The van der Waals surface area contributed by atoms with Crippen molar-refractivity contribution in [2.75, 3.05) is 0 Å². The standard InChI is InChI=1S/C11H12N2O2/c1-8(6-7-12)13-11(15)9-2-4-10(14)5-3-9/h2-5,8,14H,6H2,1H3,(H,13,15). The van der Waals surface area contributed by atoms with E-state index in [0.717, 1.165) is 0 Å². The van der Waals surface area contributed by atoms with Crippen LogP contribution in [0.4, 0.5) is 0 Å². The number of hydrogen-bond acceptors (Lipinski definition) is 3. The van der Waals surface area contributed by atoms with Gasteiger partial charge in [-0.1, -0.05) is 0 Å². The third-order valence-electron chi connectivity index (χ3n) is 1.90. The lowest BCUT2D eigenvalue weighted by atomic mass is 10.2. The minimum Gasteiger partial charge on any atom is -0.508 e. The Kier molecular flexibility index (Phi) is 3.69. The summed E-state index contributed by atoms with van der Waals surface area (Å²) in [5.74, 6) is -0.116. The minimum absolute atomic E-state index is 0.122. The molecule has 0 saturated heterocycles. The molecule has 0 aromatic heterocycles. The summed E-state index contributed by atoms with van der Waals surface area (Å²) >= 11 is 0. The average Bonchev–Trinajstić information content (AvgIpc) is 2.18. The molecule has 1 amide bonds. The van der Waals surface area contributed by atoms with Crippen LogP contribution in [0.5, 0.6) is 5.75 Å². The molecule has 0 aliphatic rings. The summed E-state index contributed by atoms with van der Waals surface area (Å²) in [4.78, 5) is 11.5. The molecule has 0 saturated carbocycles. The Morgan fingerprint density at radius 3 is 2.67 bits per heavy atom. The minimum atomic E-state index is -0.238. The van der Waals surface area contributed by atoms with E-state index in [1.54, 1.807) is 6.92 Å².